The Bertz CT molecular complexity index is 383. The summed E-state index contributed by atoms with van der Waals surface area (Å²) >= 11 is 0. The molecule has 0 bridgehead atoms. The van der Waals surface area contributed by atoms with Gasteiger partial charge in [-0.2, -0.15) is 0 Å². The van der Waals surface area contributed by atoms with E-state index in [-0.39, 0.29) is 6.61 Å². The van der Waals surface area contributed by atoms with Crippen molar-refractivity contribution >= 4 is 5.82 Å². The first-order valence-corrected chi connectivity index (χ1v) is 6.90. The van der Waals surface area contributed by atoms with E-state index in [2.05, 4.69) is 30.7 Å². The molecule has 1 aromatic heterocycles. The molecule has 0 unspecified atom stereocenters. The molecule has 18 heavy (non-hydrogen) atoms. The number of aliphatic hydroxyl groups is 1. The predicted octanol–water partition coefficient (Wildman–Crippen LogP) is 2.76. The largest absolute Gasteiger partial charge is 0.392 e. The molecule has 3 nitrogen and oxygen atoms in total. The molecule has 1 saturated heterocycles. The van der Waals surface area contributed by atoms with Gasteiger partial charge in [0.05, 0.1) is 6.61 Å². The van der Waals surface area contributed by atoms with Crippen LogP contribution in [0.3, 0.4) is 0 Å². The van der Waals surface area contributed by atoms with Crippen LogP contribution in [0, 0.1) is 5.41 Å². The van der Waals surface area contributed by atoms with E-state index in [1.807, 2.05) is 12.1 Å². The molecule has 1 aliphatic rings. The Labute approximate surface area is 110 Å². The summed E-state index contributed by atoms with van der Waals surface area (Å²) in [7, 11) is 0. The van der Waals surface area contributed by atoms with Crippen molar-refractivity contribution in [3.63, 3.8) is 0 Å². The Morgan fingerprint density at radius 2 is 1.94 bits per heavy atom. The number of aryl methyl sites for hydroxylation is 1. The van der Waals surface area contributed by atoms with Crippen LogP contribution in [0.25, 0.3) is 0 Å². The standard InChI is InChI=1S/C15H24N2O/c1-4-13-9-12(11-18)10-14(16-13)17-7-5-15(2,3)6-8-17/h9-10,18H,4-8,11H2,1-3H3. The third-order valence-corrected chi connectivity index (χ3v) is 3.91. The number of nitrogens with zero attached hydrogens (tertiary/aromatic N) is 2. The Morgan fingerprint density at radius 1 is 1.28 bits per heavy atom. The maximum Gasteiger partial charge on any atom is 0.129 e. The zero-order chi connectivity index (χ0) is 13.2. The lowest BCUT2D eigenvalue weighted by molar-refractivity contribution is 0.277. The second kappa shape index (κ2) is 5.27. The molecule has 1 aliphatic heterocycles. The van der Waals surface area contributed by atoms with E-state index >= 15 is 0 Å². The lowest BCUT2D eigenvalue weighted by Crippen LogP contribution is -2.37. The molecule has 0 aromatic carbocycles. The fourth-order valence-electron chi connectivity index (χ4n) is 2.41. The second-order valence-electron chi connectivity index (χ2n) is 5.99. The number of rotatable bonds is 3. The number of hydrogen-bond acceptors (Lipinski definition) is 3. The molecule has 1 N–H and O–H groups in total. The van der Waals surface area contributed by atoms with Crippen LogP contribution < -0.4 is 4.90 Å². The molecule has 2 heterocycles. The minimum atomic E-state index is 0.0991. The molecule has 0 aliphatic carbocycles. The Balaban J connectivity index is 2.18. The van der Waals surface area contributed by atoms with Crippen molar-refractivity contribution in [3.05, 3.63) is 23.4 Å². The van der Waals surface area contributed by atoms with Gasteiger partial charge in [0, 0.05) is 18.8 Å². The summed E-state index contributed by atoms with van der Waals surface area (Å²) in [6.45, 7) is 9.00. The Hall–Kier alpha value is -1.09. The molecule has 0 atom stereocenters. The number of aromatic nitrogens is 1. The van der Waals surface area contributed by atoms with Gasteiger partial charge < -0.3 is 10.0 Å². The average molecular weight is 248 g/mol. The van der Waals surface area contributed by atoms with Gasteiger partial charge in [-0.25, -0.2) is 4.98 Å². The van der Waals surface area contributed by atoms with Crippen molar-refractivity contribution in [2.24, 2.45) is 5.41 Å². The molecule has 1 aromatic rings. The number of hydrogen-bond donors (Lipinski definition) is 1. The maximum absolute atomic E-state index is 9.32. The first-order chi connectivity index (χ1) is 8.54. The van der Waals surface area contributed by atoms with Crippen molar-refractivity contribution in [2.45, 2.75) is 46.6 Å². The van der Waals surface area contributed by atoms with E-state index in [1.54, 1.807) is 0 Å². The molecular weight excluding hydrogens is 224 g/mol. The number of aliphatic hydroxyl groups excluding tert-OH is 1. The van der Waals surface area contributed by atoms with E-state index in [0.29, 0.717) is 5.41 Å². The molecule has 0 amide bonds. The minimum Gasteiger partial charge on any atom is -0.392 e. The van der Waals surface area contributed by atoms with Crippen LogP contribution >= 0.6 is 0 Å². The van der Waals surface area contributed by atoms with Crippen molar-refractivity contribution in [1.29, 1.82) is 0 Å². The van der Waals surface area contributed by atoms with Crippen LogP contribution in [0.1, 0.15) is 44.9 Å². The van der Waals surface area contributed by atoms with Gasteiger partial charge >= 0.3 is 0 Å². The molecule has 100 valence electrons. The van der Waals surface area contributed by atoms with Crippen molar-refractivity contribution in [2.75, 3.05) is 18.0 Å². The highest BCUT2D eigenvalue weighted by atomic mass is 16.3. The van der Waals surface area contributed by atoms with Crippen molar-refractivity contribution in [3.8, 4) is 0 Å². The van der Waals surface area contributed by atoms with Crippen molar-refractivity contribution in [1.82, 2.24) is 4.98 Å². The van der Waals surface area contributed by atoms with Gasteiger partial charge in [-0.15, -0.1) is 0 Å². The van der Waals surface area contributed by atoms with E-state index in [4.69, 9.17) is 0 Å². The normalized spacial score (nSPS) is 19.0. The SMILES string of the molecule is CCc1cc(CO)cc(N2CCC(C)(C)CC2)n1. The van der Waals surface area contributed by atoms with Gasteiger partial charge in [0.2, 0.25) is 0 Å². The quantitative estimate of drug-likeness (QED) is 0.893. The van der Waals surface area contributed by atoms with Gasteiger partial charge in [0.1, 0.15) is 5.82 Å². The number of piperidine rings is 1. The summed E-state index contributed by atoms with van der Waals surface area (Å²) in [5, 5.41) is 9.32. The topological polar surface area (TPSA) is 36.4 Å². The summed E-state index contributed by atoms with van der Waals surface area (Å²) in [6.07, 6.45) is 3.33. The fraction of sp³-hybridized carbons (Fsp3) is 0.667. The van der Waals surface area contributed by atoms with Crippen LogP contribution in [-0.4, -0.2) is 23.2 Å². The summed E-state index contributed by atoms with van der Waals surface area (Å²) in [5.41, 5.74) is 2.50. The van der Waals surface area contributed by atoms with E-state index in [0.717, 1.165) is 36.6 Å². The van der Waals surface area contributed by atoms with Gasteiger partial charge in [-0.1, -0.05) is 20.8 Å². The summed E-state index contributed by atoms with van der Waals surface area (Å²) in [5.74, 6) is 1.04. The van der Waals surface area contributed by atoms with Gasteiger partial charge in [0.15, 0.2) is 0 Å². The molecule has 0 saturated carbocycles. The Kier molecular flexibility index (Phi) is 3.91. The van der Waals surface area contributed by atoms with Gasteiger partial charge in [-0.05, 0) is 42.4 Å². The first kappa shape index (κ1) is 13.3. The Morgan fingerprint density at radius 3 is 2.50 bits per heavy atom. The third kappa shape index (κ3) is 3.02. The van der Waals surface area contributed by atoms with Crippen LogP contribution in [0.2, 0.25) is 0 Å². The molecule has 0 radical (unpaired) electrons. The molecule has 0 spiro atoms. The van der Waals surface area contributed by atoms with E-state index in [1.165, 1.54) is 12.8 Å². The smallest absolute Gasteiger partial charge is 0.129 e. The fourth-order valence-corrected chi connectivity index (χ4v) is 2.41. The van der Waals surface area contributed by atoms with E-state index in [9.17, 15) is 5.11 Å². The highest BCUT2D eigenvalue weighted by Gasteiger charge is 2.26. The lowest BCUT2D eigenvalue weighted by Gasteiger charge is -2.37. The molecule has 2 rings (SSSR count). The lowest BCUT2D eigenvalue weighted by atomic mass is 9.83. The molecular formula is C15H24N2O. The first-order valence-electron chi connectivity index (χ1n) is 6.90. The maximum atomic E-state index is 9.32. The van der Waals surface area contributed by atoms with Gasteiger partial charge in [0.25, 0.3) is 0 Å². The summed E-state index contributed by atoms with van der Waals surface area (Å²) in [4.78, 5) is 7.04. The zero-order valence-electron chi connectivity index (χ0n) is 11.7. The highest BCUT2D eigenvalue weighted by Crippen LogP contribution is 2.31. The molecule has 3 heteroatoms. The molecule has 1 fully saturated rings. The average Bonchev–Trinajstić information content (AvgIpc) is 2.38. The number of pyridine rings is 1. The predicted molar refractivity (Wildman–Crippen MR) is 74.8 cm³/mol. The van der Waals surface area contributed by atoms with Crippen LogP contribution in [0.4, 0.5) is 5.82 Å². The van der Waals surface area contributed by atoms with Crippen LogP contribution in [0.5, 0.6) is 0 Å². The third-order valence-electron chi connectivity index (χ3n) is 3.91. The van der Waals surface area contributed by atoms with E-state index < -0.39 is 0 Å². The number of anilines is 1. The van der Waals surface area contributed by atoms with Crippen molar-refractivity contribution < 1.29 is 5.11 Å². The van der Waals surface area contributed by atoms with Gasteiger partial charge in [-0.3, -0.25) is 0 Å². The minimum absolute atomic E-state index is 0.0991. The van der Waals surface area contributed by atoms with Crippen LogP contribution in [-0.2, 0) is 13.0 Å². The van der Waals surface area contributed by atoms with Crippen LogP contribution in [0.15, 0.2) is 12.1 Å². The zero-order valence-corrected chi connectivity index (χ0v) is 11.7. The second-order valence-corrected chi connectivity index (χ2v) is 5.99. The monoisotopic (exact) mass is 248 g/mol. The summed E-state index contributed by atoms with van der Waals surface area (Å²) in [6, 6.07) is 4.02. The highest BCUT2D eigenvalue weighted by molar-refractivity contribution is 5.43. The summed E-state index contributed by atoms with van der Waals surface area (Å²) < 4.78 is 0.